The lowest BCUT2D eigenvalue weighted by molar-refractivity contribution is 0.0988. The summed E-state index contributed by atoms with van der Waals surface area (Å²) in [5, 5.41) is 9.30. The van der Waals surface area contributed by atoms with E-state index in [9.17, 15) is 4.79 Å². The van der Waals surface area contributed by atoms with Gasteiger partial charge in [-0.2, -0.15) is 0 Å². The number of nitrogens with one attached hydrogen (secondary N) is 1. The molecular formula is C16H13N3O2S. The number of hydrogen-bond acceptors (Lipinski definition) is 5. The first-order valence-electron chi connectivity index (χ1n) is 7.08. The van der Waals surface area contributed by atoms with Crippen LogP contribution in [0.4, 0.5) is 5.13 Å². The van der Waals surface area contributed by atoms with Crippen molar-refractivity contribution in [2.75, 3.05) is 5.32 Å². The largest absolute Gasteiger partial charge is 0.350 e. The molecule has 22 heavy (non-hydrogen) atoms. The summed E-state index contributed by atoms with van der Waals surface area (Å²) in [5.41, 5.74) is 2.63. The van der Waals surface area contributed by atoms with Crippen LogP contribution in [0.15, 0.2) is 46.3 Å². The molecule has 0 atom stereocenters. The summed E-state index contributed by atoms with van der Waals surface area (Å²) in [6.07, 6.45) is 2.39. The van der Waals surface area contributed by atoms with Crippen LogP contribution in [-0.2, 0) is 0 Å². The zero-order chi connectivity index (χ0) is 14.9. The maximum atomic E-state index is 12.2. The molecule has 1 fully saturated rings. The van der Waals surface area contributed by atoms with Gasteiger partial charge in [0.25, 0.3) is 5.91 Å². The molecule has 0 aliphatic heterocycles. The molecule has 1 aliphatic rings. The van der Waals surface area contributed by atoms with Gasteiger partial charge in [-0.05, 0) is 12.8 Å². The molecule has 1 amide bonds. The molecule has 3 aromatic rings. The van der Waals surface area contributed by atoms with Crippen LogP contribution < -0.4 is 5.32 Å². The fraction of sp³-hybridized carbons (Fsp3) is 0.188. The number of carbonyl (C=O) groups is 1. The van der Waals surface area contributed by atoms with Crippen LogP contribution in [0.2, 0.25) is 0 Å². The van der Waals surface area contributed by atoms with Gasteiger partial charge < -0.3 is 4.52 Å². The molecule has 0 bridgehead atoms. The highest BCUT2D eigenvalue weighted by Gasteiger charge is 2.26. The number of aromatic nitrogens is 2. The Labute approximate surface area is 131 Å². The van der Waals surface area contributed by atoms with Crippen LogP contribution in [0.1, 0.15) is 35.0 Å². The van der Waals surface area contributed by atoms with Crippen LogP contribution in [0.3, 0.4) is 0 Å². The molecule has 1 aromatic carbocycles. The number of benzene rings is 1. The number of rotatable bonds is 4. The van der Waals surface area contributed by atoms with Crippen LogP contribution in [0, 0.1) is 0 Å². The lowest BCUT2D eigenvalue weighted by Crippen LogP contribution is -2.10. The maximum absolute atomic E-state index is 12.2. The second-order valence-corrected chi connectivity index (χ2v) is 6.11. The second-order valence-electron chi connectivity index (χ2n) is 5.25. The van der Waals surface area contributed by atoms with E-state index in [2.05, 4.69) is 15.5 Å². The van der Waals surface area contributed by atoms with E-state index in [1.54, 1.807) is 6.07 Å². The molecule has 0 radical (unpaired) electrons. The Kier molecular flexibility index (Phi) is 3.23. The lowest BCUT2D eigenvalue weighted by Gasteiger charge is -1.96. The number of amides is 1. The van der Waals surface area contributed by atoms with Crippen molar-refractivity contribution in [2.24, 2.45) is 0 Å². The Morgan fingerprint density at radius 1 is 1.27 bits per heavy atom. The molecule has 0 unspecified atom stereocenters. The average molecular weight is 311 g/mol. The van der Waals surface area contributed by atoms with Crippen molar-refractivity contribution < 1.29 is 9.32 Å². The minimum Gasteiger partial charge on any atom is -0.350 e. The minimum absolute atomic E-state index is 0.182. The van der Waals surface area contributed by atoms with Crippen LogP contribution in [0.25, 0.3) is 11.3 Å². The predicted molar refractivity (Wildman–Crippen MR) is 84.0 cm³/mol. The van der Waals surface area contributed by atoms with Crippen molar-refractivity contribution in [3.63, 3.8) is 0 Å². The Hall–Kier alpha value is -2.47. The summed E-state index contributed by atoms with van der Waals surface area (Å²) in [5.74, 6) is 0.435. The van der Waals surface area contributed by atoms with Crippen molar-refractivity contribution in [3.05, 3.63) is 53.2 Å². The molecular weight excluding hydrogens is 298 g/mol. The monoisotopic (exact) mass is 311 g/mol. The number of carbonyl (C=O) groups excluding carboxylic acids is 1. The van der Waals surface area contributed by atoms with E-state index in [0.717, 1.165) is 11.3 Å². The first kappa shape index (κ1) is 13.2. The van der Waals surface area contributed by atoms with Gasteiger partial charge in [0.2, 0.25) is 5.76 Å². The van der Waals surface area contributed by atoms with E-state index in [0.29, 0.717) is 16.7 Å². The van der Waals surface area contributed by atoms with Gasteiger partial charge in [-0.1, -0.05) is 35.5 Å². The van der Waals surface area contributed by atoms with E-state index in [1.165, 1.54) is 24.2 Å². The Morgan fingerprint density at radius 2 is 2.09 bits per heavy atom. The predicted octanol–water partition coefficient (Wildman–Crippen LogP) is 3.93. The number of anilines is 1. The molecule has 2 heterocycles. The van der Waals surface area contributed by atoms with E-state index in [-0.39, 0.29) is 11.7 Å². The van der Waals surface area contributed by atoms with Crippen molar-refractivity contribution in [3.8, 4) is 11.3 Å². The van der Waals surface area contributed by atoms with Crippen LogP contribution in [0.5, 0.6) is 0 Å². The van der Waals surface area contributed by atoms with Crippen molar-refractivity contribution in [1.29, 1.82) is 0 Å². The molecule has 0 saturated heterocycles. The molecule has 6 heteroatoms. The Balaban J connectivity index is 1.49. The summed E-state index contributed by atoms with van der Waals surface area (Å²) < 4.78 is 5.13. The highest BCUT2D eigenvalue weighted by atomic mass is 32.1. The quantitative estimate of drug-likeness (QED) is 0.792. The zero-order valence-electron chi connectivity index (χ0n) is 11.7. The first-order chi connectivity index (χ1) is 10.8. The van der Waals surface area contributed by atoms with Gasteiger partial charge in [0, 0.05) is 22.9 Å². The van der Waals surface area contributed by atoms with E-state index < -0.39 is 0 Å². The van der Waals surface area contributed by atoms with Crippen molar-refractivity contribution in [1.82, 2.24) is 10.1 Å². The number of nitrogens with zero attached hydrogens (tertiary/aromatic N) is 2. The number of hydrogen-bond donors (Lipinski definition) is 1. The highest BCUT2D eigenvalue weighted by Crippen LogP contribution is 2.40. The van der Waals surface area contributed by atoms with Crippen molar-refractivity contribution in [2.45, 2.75) is 18.8 Å². The van der Waals surface area contributed by atoms with E-state index >= 15 is 0 Å². The Morgan fingerprint density at radius 3 is 2.86 bits per heavy atom. The lowest BCUT2D eigenvalue weighted by atomic mass is 10.1. The molecule has 2 aromatic heterocycles. The standard InChI is InChI=1S/C16H13N3O2S/c20-15(18-16-17-13(9-22-16)11-6-7-11)14-8-12(19-21-14)10-4-2-1-3-5-10/h1-5,8-9,11H,6-7H2,(H,17,18,20). The fourth-order valence-corrected chi connectivity index (χ4v) is 2.98. The highest BCUT2D eigenvalue weighted by molar-refractivity contribution is 7.14. The zero-order valence-corrected chi connectivity index (χ0v) is 12.5. The summed E-state index contributed by atoms with van der Waals surface area (Å²) in [6, 6.07) is 11.2. The molecule has 4 rings (SSSR count). The molecule has 5 nitrogen and oxygen atoms in total. The molecule has 0 spiro atoms. The normalized spacial score (nSPS) is 14.0. The van der Waals surface area contributed by atoms with Gasteiger partial charge in [0.15, 0.2) is 5.13 Å². The third kappa shape index (κ3) is 2.65. The third-order valence-corrected chi connectivity index (χ3v) is 4.32. The van der Waals surface area contributed by atoms with Gasteiger partial charge in [0.05, 0.1) is 5.69 Å². The van der Waals surface area contributed by atoms with E-state index in [1.807, 2.05) is 35.7 Å². The summed E-state index contributed by atoms with van der Waals surface area (Å²) >= 11 is 1.44. The Bertz CT molecular complexity index is 806. The maximum Gasteiger partial charge on any atom is 0.296 e. The molecule has 1 N–H and O–H groups in total. The fourth-order valence-electron chi connectivity index (χ4n) is 2.20. The molecule has 110 valence electrons. The summed E-state index contributed by atoms with van der Waals surface area (Å²) in [4.78, 5) is 16.6. The molecule has 1 aliphatic carbocycles. The summed E-state index contributed by atoms with van der Waals surface area (Å²) in [6.45, 7) is 0. The van der Waals surface area contributed by atoms with Crippen LogP contribution >= 0.6 is 11.3 Å². The first-order valence-corrected chi connectivity index (χ1v) is 7.96. The van der Waals surface area contributed by atoms with Crippen LogP contribution in [-0.4, -0.2) is 16.0 Å². The SMILES string of the molecule is O=C(Nc1nc(C2CC2)cs1)c1cc(-c2ccccc2)no1. The topological polar surface area (TPSA) is 68.0 Å². The second kappa shape index (κ2) is 5.38. The van der Waals surface area contributed by atoms with Crippen molar-refractivity contribution >= 4 is 22.4 Å². The molecule has 1 saturated carbocycles. The summed E-state index contributed by atoms with van der Waals surface area (Å²) in [7, 11) is 0. The minimum atomic E-state index is -0.327. The van der Waals surface area contributed by atoms with Gasteiger partial charge in [-0.3, -0.25) is 10.1 Å². The van der Waals surface area contributed by atoms with Gasteiger partial charge in [-0.15, -0.1) is 11.3 Å². The van der Waals surface area contributed by atoms with Gasteiger partial charge in [0.1, 0.15) is 5.69 Å². The number of thiazole rings is 1. The smallest absolute Gasteiger partial charge is 0.296 e. The third-order valence-electron chi connectivity index (χ3n) is 3.54. The van der Waals surface area contributed by atoms with Gasteiger partial charge in [-0.25, -0.2) is 4.98 Å². The van der Waals surface area contributed by atoms with Gasteiger partial charge >= 0.3 is 0 Å². The average Bonchev–Trinajstić information content (AvgIpc) is 3.10. The van der Waals surface area contributed by atoms with E-state index in [4.69, 9.17) is 4.52 Å².